The van der Waals surface area contributed by atoms with Crippen LogP contribution in [-0.2, 0) is 7.05 Å². The summed E-state index contributed by atoms with van der Waals surface area (Å²) in [6.45, 7) is 0.459. The van der Waals surface area contributed by atoms with Gasteiger partial charge in [0.05, 0.1) is 11.8 Å². The number of carbonyl (C=O) groups excluding carboxylic acids is 1. The highest BCUT2D eigenvalue weighted by Crippen LogP contribution is 2.34. The Morgan fingerprint density at radius 2 is 1.97 bits per heavy atom. The van der Waals surface area contributed by atoms with E-state index >= 15 is 0 Å². The molecule has 150 valence electrons. The number of carbonyl (C=O) groups is 1. The number of hydrogen-bond acceptors (Lipinski definition) is 5. The Morgan fingerprint density at radius 3 is 2.76 bits per heavy atom. The topological polar surface area (TPSA) is 85.6 Å². The number of aryl methyl sites for hydroxylation is 1. The van der Waals surface area contributed by atoms with Crippen molar-refractivity contribution in [1.82, 2.24) is 15.1 Å². The normalized spacial score (nSPS) is 13.3. The molecule has 1 unspecified atom stereocenters. The number of hydrogen-bond donors (Lipinski definition) is 2. The third-order valence-corrected chi connectivity index (χ3v) is 4.74. The zero-order chi connectivity index (χ0) is 20.4. The molecule has 2 heterocycles. The summed E-state index contributed by atoms with van der Waals surface area (Å²) in [6, 6.07) is 12.8. The summed E-state index contributed by atoms with van der Waals surface area (Å²) in [4.78, 5) is 12.5. The molecule has 29 heavy (non-hydrogen) atoms. The zero-order valence-electron chi connectivity index (χ0n) is 15.8. The van der Waals surface area contributed by atoms with Gasteiger partial charge in [-0.05, 0) is 54.4 Å². The fourth-order valence-electron chi connectivity index (χ4n) is 3.14. The first-order valence-electron chi connectivity index (χ1n) is 9.17. The van der Waals surface area contributed by atoms with Gasteiger partial charge in [0, 0.05) is 19.2 Å². The van der Waals surface area contributed by atoms with Crippen LogP contribution in [0.3, 0.4) is 0 Å². The lowest BCUT2D eigenvalue weighted by Crippen LogP contribution is -2.27. The third-order valence-electron chi connectivity index (χ3n) is 4.74. The Hall–Kier alpha value is -3.39. The molecule has 1 aliphatic heterocycles. The number of fused-ring (bicyclic) bond motifs is 1. The molecule has 1 aliphatic rings. The molecule has 0 fully saturated rings. The number of ether oxygens (including phenoxy) is 2. The zero-order valence-corrected chi connectivity index (χ0v) is 15.8. The second-order valence-corrected chi connectivity index (χ2v) is 6.72. The van der Waals surface area contributed by atoms with Crippen molar-refractivity contribution in [3.05, 3.63) is 65.6 Å². The Kier molecular flexibility index (Phi) is 5.18. The lowest BCUT2D eigenvalue weighted by molar-refractivity contribution is 0.0933. The van der Waals surface area contributed by atoms with Gasteiger partial charge in [-0.3, -0.25) is 9.48 Å². The Bertz CT molecular complexity index is 1030. The highest BCUT2D eigenvalue weighted by Gasteiger charge is 2.18. The molecule has 0 saturated carbocycles. The van der Waals surface area contributed by atoms with Crippen molar-refractivity contribution < 1.29 is 23.8 Å². The number of rotatable bonds is 6. The van der Waals surface area contributed by atoms with E-state index in [1.165, 1.54) is 16.8 Å². The fraction of sp³-hybridized carbons (Fsp3) is 0.238. The maximum atomic E-state index is 13.1. The van der Waals surface area contributed by atoms with Gasteiger partial charge in [-0.2, -0.15) is 5.10 Å². The molecule has 7 nitrogen and oxygen atoms in total. The molecule has 2 N–H and O–H groups in total. The average Bonchev–Trinajstić information content (AvgIpc) is 3.34. The van der Waals surface area contributed by atoms with Gasteiger partial charge in [0.1, 0.15) is 11.5 Å². The summed E-state index contributed by atoms with van der Waals surface area (Å²) < 4.78 is 25.1. The largest absolute Gasteiger partial charge is 0.454 e. The van der Waals surface area contributed by atoms with Gasteiger partial charge in [-0.25, -0.2) is 4.39 Å². The summed E-state index contributed by atoms with van der Waals surface area (Å²) in [5.74, 6) is 0.631. The summed E-state index contributed by atoms with van der Waals surface area (Å²) in [6.07, 6.45) is -0.403. The summed E-state index contributed by atoms with van der Waals surface area (Å²) in [5, 5.41) is 17.5. The van der Waals surface area contributed by atoms with E-state index in [1.54, 1.807) is 43.4 Å². The lowest BCUT2D eigenvalue weighted by Gasteiger charge is -2.12. The predicted octanol–water partition coefficient (Wildman–Crippen LogP) is 2.81. The molecule has 2 aromatic carbocycles. The van der Waals surface area contributed by atoms with Gasteiger partial charge < -0.3 is 19.9 Å². The van der Waals surface area contributed by atoms with Crippen LogP contribution in [0, 0.1) is 5.82 Å². The predicted molar refractivity (Wildman–Crippen MR) is 103 cm³/mol. The highest BCUT2D eigenvalue weighted by atomic mass is 19.1. The van der Waals surface area contributed by atoms with Crippen molar-refractivity contribution in [2.75, 3.05) is 13.3 Å². The number of nitrogens with one attached hydrogen (secondary N) is 1. The van der Waals surface area contributed by atoms with Gasteiger partial charge in [0.2, 0.25) is 6.79 Å². The molecular formula is C21H20FN3O4. The molecular weight excluding hydrogens is 377 g/mol. The number of aliphatic hydroxyl groups excluding tert-OH is 1. The van der Waals surface area contributed by atoms with Crippen molar-refractivity contribution in [3.8, 4) is 22.8 Å². The number of aromatic nitrogens is 2. The lowest BCUT2D eigenvalue weighted by atomic mass is 10.1. The molecule has 4 rings (SSSR count). The SMILES string of the molecule is Cn1nc(-c2ccc(F)cc2)cc1C(=O)NCCC(O)c1ccc2c(c1)OCO2. The van der Waals surface area contributed by atoms with E-state index < -0.39 is 6.10 Å². The molecule has 0 spiro atoms. The second kappa shape index (κ2) is 7.92. The van der Waals surface area contributed by atoms with Gasteiger partial charge in [-0.15, -0.1) is 0 Å². The molecule has 1 atom stereocenters. The second-order valence-electron chi connectivity index (χ2n) is 6.72. The molecule has 0 radical (unpaired) electrons. The fourth-order valence-corrected chi connectivity index (χ4v) is 3.14. The summed E-state index contributed by atoms with van der Waals surface area (Å²) in [7, 11) is 1.67. The van der Waals surface area contributed by atoms with Crippen LogP contribution in [0.15, 0.2) is 48.5 Å². The standard InChI is InChI=1S/C21H20FN3O4/c1-25-17(11-16(24-25)13-2-5-15(22)6-3-13)21(27)23-9-8-18(26)14-4-7-19-20(10-14)29-12-28-19/h2-7,10-11,18,26H,8-9,12H2,1H3,(H,23,27). The van der Waals surface area contributed by atoms with E-state index in [4.69, 9.17) is 9.47 Å². The van der Waals surface area contributed by atoms with Crippen LogP contribution < -0.4 is 14.8 Å². The van der Waals surface area contributed by atoms with Crippen LogP contribution in [0.2, 0.25) is 0 Å². The van der Waals surface area contributed by atoms with E-state index in [2.05, 4.69) is 10.4 Å². The van der Waals surface area contributed by atoms with E-state index in [0.717, 1.165) is 5.56 Å². The Morgan fingerprint density at radius 1 is 1.21 bits per heavy atom. The van der Waals surface area contributed by atoms with Gasteiger partial charge in [0.25, 0.3) is 5.91 Å². The van der Waals surface area contributed by atoms with Crippen LogP contribution >= 0.6 is 0 Å². The Labute approximate surface area is 166 Å². The van der Waals surface area contributed by atoms with Crippen molar-refractivity contribution in [3.63, 3.8) is 0 Å². The van der Waals surface area contributed by atoms with Gasteiger partial charge in [0.15, 0.2) is 11.5 Å². The first kappa shape index (κ1) is 18.9. The van der Waals surface area contributed by atoms with Crippen molar-refractivity contribution in [2.24, 2.45) is 7.05 Å². The van der Waals surface area contributed by atoms with Crippen LogP contribution in [0.25, 0.3) is 11.3 Å². The van der Waals surface area contributed by atoms with E-state index in [9.17, 15) is 14.3 Å². The highest BCUT2D eigenvalue weighted by molar-refractivity contribution is 5.93. The van der Waals surface area contributed by atoms with Gasteiger partial charge in [-0.1, -0.05) is 6.07 Å². The smallest absolute Gasteiger partial charge is 0.269 e. The molecule has 0 aliphatic carbocycles. The number of benzene rings is 2. The van der Waals surface area contributed by atoms with Crippen LogP contribution in [0.4, 0.5) is 4.39 Å². The van der Waals surface area contributed by atoms with Gasteiger partial charge >= 0.3 is 0 Å². The maximum Gasteiger partial charge on any atom is 0.269 e. The first-order valence-corrected chi connectivity index (χ1v) is 9.17. The van der Waals surface area contributed by atoms with E-state index in [-0.39, 0.29) is 25.1 Å². The first-order chi connectivity index (χ1) is 14.0. The van der Waals surface area contributed by atoms with Crippen LogP contribution in [0.1, 0.15) is 28.6 Å². The number of aliphatic hydroxyl groups is 1. The molecule has 8 heteroatoms. The number of amides is 1. The molecule has 1 amide bonds. The van der Waals surface area contributed by atoms with Crippen LogP contribution in [0.5, 0.6) is 11.5 Å². The Balaban J connectivity index is 1.35. The van der Waals surface area contributed by atoms with Crippen LogP contribution in [-0.4, -0.2) is 34.1 Å². The van der Waals surface area contributed by atoms with Crippen molar-refractivity contribution >= 4 is 5.91 Å². The maximum absolute atomic E-state index is 13.1. The summed E-state index contributed by atoms with van der Waals surface area (Å²) in [5.41, 5.74) is 2.38. The molecule has 3 aromatic rings. The minimum absolute atomic E-state index is 0.176. The van der Waals surface area contributed by atoms with E-state index in [1.807, 2.05) is 0 Å². The monoisotopic (exact) mass is 397 g/mol. The number of nitrogens with zero attached hydrogens (tertiary/aromatic N) is 2. The van der Waals surface area contributed by atoms with Crippen molar-refractivity contribution in [2.45, 2.75) is 12.5 Å². The van der Waals surface area contributed by atoms with E-state index in [0.29, 0.717) is 34.9 Å². The molecule has 0 saturated heterocycles. The van der Waals surface area contributed by atoms with Crippen molar-refractivity contribution in [1.29, 1.82) is 0 Å². The quantitative estimate of drug-likeness (QED) is 0.668. The molecule has 0 bridgehead atoms. The number of halogens is 1. The summed E-state index contributed by atoms with van der Waals surface area (Å²) >= 11 is 0. The third kappa shape index (κ3) is 4.07. The average molecular weight is 397 g/mol. The minimum atomic E-state index is -0.744. The molecule has 1 aromatic heterocycles. The minimum Gasteiger partial charge on any atom is -0.454 e.